The van der Waals surface area contributed by atoms with Crippen LogP contribution in [0.25, 0.3) is 10.8 Å². The zero-order valence-corrected chi connectivity index (χ0v) is 21.3. The van der Waals surface area contributed by atoms with Gasteiger partial charge in [0.15, 0.2) is 24.0 Å². The van der Waals surface area contributed by atoms with Gasteiger partial charge < -0.3 is 9.47 Å². The summed E-state index contributed by atoms with van der Waals surface area (Å²) in [5.74, 6) is -3.25. The maximum Gasteiger partial charge on any atom is 0.422 e. The molecule has 0 aliphatic carbocycles. The fourth-order valence-electron chi connectivity index (χ4n) is 4.20. The first-order chi connectivity index (χ1) is 18.6. The number of rotatable bonds is 11. The lowest BCUT2D eigenvalue weighted by atomic mass is 9.97. The minimum Gasteiger partial charge on any atom is -0.492 e. The molecule has 0 atom stereocenters. The van der Waals surface area contributed by atoms with E-state index < -0.39 is 36.0 Å². The second kappa shape index (κ2) is 12.4. The summed E-state index contributed by atoms with van der Waals surface area (Å²) >= 11 is 0. The lowest BCUT2D eigenvalue weighted by Gasteiger charge is -2.12. The van der Waals surface area contributed by atoms with Crippen LogP contribution < -0.4 is 9.47 Å². The van der Waals surface area contributed by atoms with Crippen LogP contribution in [0.3, 0.4) is 0 Å². The van der Waals surface area contributed by atoms with Crippen molar-refractivity contribution in [2.24, 2.45) is 0 Å². The Balaban J connectivity index is 1.39. The van der Waals surface area contributed by atoms with E-state index in [4.69, 9.17) is 4.74 Å². The SMILES string of the molecule is CCCOc1ccc(CCc2ccc3c(F)c(CCc4cc(F)c(OCC(F)(F)F)c(F)c4)ccc3c2)nc1. The lowest BCUT2D eigenvalue weighted by Crippen LogP contribution is -2.20. The van der Waals surface area contributed by atoms with Crippen molar-refractivity contribution >= 4 is 10.8 Å². The van der Waals surface area contributed by atoms with Crippen molar-refractivity contribution in [3.63, 3.8) is 0 Å². The molecule has 0 saturated carbocycles. The van der Waals surface area contributed by atoms with Gasteiger partial charge in [-0.3, -0.25) is 4.98 Å². The van der Waals surface area contributed by atoms with Gasteiger partial charge in [-0.05, 0) is 78.4 Å². The molecule has 206 valence electrons. The molecule has 1 aromatic heterocycles. The van der Waals surface area contributed by atoms with Crippen LogP contribution >= 0.6 is 0 Å². The summed E-state index contributed by atoms with van der Waals surface area (Å²) in [6, 6.07) is 14.6. The van der Waals surface area contributed by atoms with Crippen molar-refractivity contribution in [1.82, 2.24) is 4.98 Å². The molecule has 0 unspecified atom stereocenters. The van der Waals surface area contributed by atoms with Gasteiger partial charge in [0.05, 0.1) is 12.8 Å². The number of aromatic nitrogens is 1. The molecule has 1 heterocycles. The molecule has 0 fully saturated rings. The third kappa shape index (κ3) is 7.65. The minimum absolute atomic E-state index is 0.0865. The van der Waals surface area contributed by atoms with Crippen LogP contribution in [0.15, 0.2) is 60.8 Å². The normalized spacial score (nSPS) is 11.7. The van der Waals surface area contributed by atoms with E-state index in [-0.39, 0.29) is 18.4 Å². The van der Waals surface area contributed by atoms with Crippen LogP contribution in [0.1, 0.15) is 35.7 Å². The Morgan fingerprint density at radius 1 is 0.769 bits per heavy atom. The molecule has 0 amide bonds. The minimum atomic E-state index is -4.72. The van der Waals surface area contributed by atoms with Gasteiger partial charge in [0.1, 0.15) is 11.6 Å². The number of aryl methyl sites for hydroxylation is 4. The summed E-state index contributed by atoms with van der Waals surface area (Å²) in [5.41, 5.74) is 2.50. The van der Waals surface area contributed by atoms with Gasteiger partial charge in [-0.2, -0.15) is 13.2 Å². The number of fused-ring (bicyclic) bond motifs is 1. The second-order valence-corrected chi connectivity index (χ2v) is 9.22. The monoisotopic (exact) mass is 547 g/mol. The number of hydrogen-bond acceptors (Lipinski definition) is 3. The molecule has 9 heteroatoms. The standard InChI is InChI=1S/C30H27F6NO2/c1-2-13-38-24-11-10-23(37-17-24)9-4-19-5-12-25-22(14-19)8-7-21(28(25)33)6-3-20-15-26(31)29(27(32)16-20)39-18-30(34,35)36/h5,7-8,10-12,14-17H,2-4,6,9,13,18H2,1H3. The number of pyridine rings is 1. The van der Waals surface area contributed by atoms with E-state index in [0.29, 0.717) is 24.0 Å². The van der Waals surface area contributed by atoms with Crippen molar-refractivity contribution in [2.45, 2.75) is 45.2 Å². The predicted molar refractivity (Wildman–Crippen MR) is 137 cm³/mol. The average Bonchev–Trinajstić information content (AvgIpc) is 2.90. The fraction of sp³-hybridized carbons (Fsp3) is 0.300. The fourth-order valence-corrected chi connectivity index (χ4v) is 4.20. The third-order valence-electron chi connectivity index (χ3n) is 6.16. The van der Waals surface area contributed by atoms with Gasteiger partial charge in [0.2, 0.25) is 0 Å². The summed E-state index contributed by atoms with van der Waals surface area (Å²) in [6.07, 6.45) is -0.418. The first-order valence-corrected chi connectivity index (χ1v) is 12.6. The van der Waals surface area contributed by atoms with Crippen molar-refractivity contribution in [1.29, 1.82) is 0 Å². The van der Waals surface area contributed by atoms with Crippen LogP contribution in [-0.2, 0) is 25.7 Å². The van der Waals surface area contributed by atoms with E-state index in [1.54, 1.807) is 24.4 Å². The molecule has 0 aliphatic heterocycles. The van der Waals surface area contributed by atoms with E-state index in [1.807, 2.05) is 31.2 Å². The van der Waals surface area contributed by atoms with Crippen molar-refractivity contribution in [3.8, 4) is 11.5 Å². The lowest BCUT2D eigenvalue weighted by molar-refractivity contribution is -0.154. The molecule has 3 nitrogen and oxygen atoms in total. The Kier molecular flexibility index (Phi) is 8.99. The highest BCUT2D eigenvalue weighted by Crippen LogP contribution is 2.28. The van der Waals surface area contributed by atoms with Gasteiger partial charge in [0.25, 0.3) is 0 Å². The molecule has 3 aromatic carbocycles. The molecule has 0 saturated heterocycles. The van der Waals surface area contributed by atoms with E-state index in [9.17, 15) is 22.0 Å². The van der Waals surface area contributed by atoms with Crippen LogP contribution in [0.2, 0.25) is 0 Å². The number of nitrogens with zero attached hydrogens (tertiary/aromatic N) is 1. The van der Waals surface area contributed by atoms with Crippen molar-refractivity contribution < 1.29 is 35.8 Å². The van der Waals surface area contributed by atoms with Crippen molar-refractivity contribution in [2.75, 3.05) is 13.2 Å². The number of alkyl halides is 3. The Hall–Kier alpha value is -3.75. The summed E-state index contributed by atoms with van der Waals surface area (Å²) in [6.45, 7) is 0.876. The summed E-state index contributed by atoms with van der Waals surface area (Å²) < 4.78 is 90.2. The smallest absolute Gasteiger partial charge is 0.422 e. The molecule has 0 bridgehead atoms. The maximum absolute atomic E-state index is 15.2. The van der Waals surface area contributed by atoms with Crippen LogP contribution in [-0.4, -0.2) is 24.4 Å². The van der Waals surface area contributed by atoms with Gasteiger partial charge in [-0.15, -0.1) is 0 Å². The third-order valence-corrected chi connectivity index (χ3v) is 6.16. The topological polar surface area (TPSA) is 31.4 Å². The molecule has 0 N–H and O–H groups in total. The van der Waals surface area contributed by atoms with Gasteiger partial charge in [0, 0.05) is 11.1 Å². The molecule has 39 heavy (non-hydrogen) atoms. The van der Waals surface area contributed by atoms with E-state index >= 15 is 4.39 Å². The molecular formula is C30H27F6NO2. The van der Waals surface area contributed by atoms with Gasteiger partial charge in [-0.25, -0.2) is 13.2 Å². The first-order valence-electron chi connectivity index (χ1n) is 12.6. The first kappa shape index (κ1) is 28.3. The molecule has 0 spiro atoms. The average molecular weight is 548 g/mol. The Morgan fingerprint density at radius 2 is 1.51 bits per heavy atom. The highest BCUT2D eigenvalue weighted by atomic mass is 19.4. The van der Waals surface area contributed by atoms with Crippen molar-refractivity contribution in [3.05, 3.63) is 101 Å². The number of benzene rings is 3. The van der Waals surface area contributed by atoms with E-state index in [0.717, 1.165) is 47.4 Å². The highest BCUT2D eigenvalue weighted by molar-refractivity contribution is 5.84. The largest absolute Gasteiger partial charge is 0.492 e. The van der Waals surface area contributed by atoms with Gasteiger partial charge >= 0.3 is 6.18 Å². The number of ether oxygens (including phenoxy) is 2. The summed E-state index contributed by atoms with van der Waals surface area (Å²) in [5, 5.41) is 1.16. The molecule has 0 radical (unpaired) electrons. The number of halogens is 6. The Morgan fingerprint density at radius 3 is 2.18 bits per heavy atom. The quantitative estimate of drug-likeness (QED) is 0.179. The molecule has 4 aromatic rings. The zero-order valence-electron chi connectivity index (χ0n) is 21.3. The molecular weight excluding hydrogens is 520 g/mol. The predicted octanol–water partition coefficient (Wildman–Crippen LogP) is 7.95. The van der Waals surface area contributed by atoms with Gasteiger partial charge in [-0.1, -0.05) is 37.3 Å². The maximum atomic E-state index is 15.2. The Labute approximate surface area is 222 Å². The second-order valence-electron chi connectivity index (χ2n) is 9.22. The van der Waals surface area contributed by atoms with Crippen LogP contribution in [0.4, 0.5) is 26.3 Å². The van der Waals surface area contributed by atoms with Crippen LogP contribution in [0, 0.1) is 17.5 Å². The van der Waals surface area contributed by atoms with E-state index in [1.165, 1.54) is 0 Å². The summed E-state index contributed by atoms with van der Waals surface area (Å²) in [4.78, 5) is 4.43. The zero-order chi connectivity index (χ0) is 28.0. The van der Waals surface area contributed by atoms with E-state index in [2.05, 4.69) is 9.72 Å². The molecule has 4 rings (SSSR count). The number of hydrogen-bond donors (Lipinski definition) is 0. The Bertz CT molecular complexity index is 1400. The summed E-state index contributed by atoms with van der Waals surface area (Å²) in [7, 11) is 0. The molecule has 0 aliphatic rings. The highest BCUT2D eigenvalue weighted by Gasteiger charge is 2.30. The van der Waals surface area contributed by atoms with Crippen LogP contribution in [0.5, 0.6) is 11.5 Å².